The number of rotatable bonds is 7. The van der Waals surface area contributed by atoms with Gasteiger partial charge < -0.3 is 11.1 Å². The normalized spacial score (nSPS) is 11.5. The Balaban J connectivity index is 1.79. The quantitative estimate of drug-likeness (QED) is 0.338. The molecule has 3 N–H and O–H groups in total. The van der Waals surface area contributed by atoms with E-state index in [1.54, 1.807) is 29.5 Å². The smallest absolute Gasteiger partial charge is 0.280 e. The van der Waals surface area contributed by atoms with Gasteiger partial charge in [0.05, 0.1) is 28.6 Å². The van der Waals surface area contributed by atoms with Crippen LogP contribution < -0.4 is 11.1 Å². The number of hydrogen-bond acceptors (Lipinski definition) is 6. The van der Waals surface area contributed by atoms with Crippen LogP contribution in [0.15, 0.2) is 16.7 Å². The van der Waals surface area contributed by atoms with Crippen molar-refractivity contribution < 1.29 is 18.4 Å². The second-order valence-electron chi connectivity index (χ2n) is 8.02. The molecule has 0 spiro atoms. The summed E-state index contributed by atoms with van der Waals surface area (Å²) in [6, 6.07) is 1.26. The third-order valence-corrected chi connectivity index (χ3v) is 8.01. The van der Waals surface area contributed by atoms with Crippen LogP contribution in [-0.4, -0.2) is 36.4 Å². The fourth-order valence-electron chi connectivity index (χ4n) is 3.80. The van der Waals surface area contributed by atoms with Gasteiger partial charge in [0.2, 0.25) is 5.91 Å². The van der Waals surface area contributed by atoms with E-state index >= 15 is 0 Å². The van der Waals surface area contributed by atoms with Gasteiger partial charge in [0.15, 0.2) is 0 Å². The highest BCUT2D eigenvalue weighted by Crippen LogP contribution is 2.43. The summed E-state index contributed by atoms with van der Waals surface area (Å²) in [5.74, 6) is -1.18. The summed E-state index contributed by atoms with van der Waals surface area (Å²) < 4.78 is 31.5. The van der Waals surface area contributed by atoms with Gasteiger partial charge in [0.1, 0.15) is 15.4 Å². The van der Waals surface area contributed by atoms with Gasteiger partial charge >= 0.3 is 0 Å². The van der Waals surface area contributed by atoms with Crippen LogP contribution in [0.5, 0.6) is 0 Å². The van der Waals surface area contributed by atoms with Crippen LogP contribution in [0.4, 0.5) is 14.5 Å². The second kappa shape index (κ2) is 9.46. The fourth-order valence-corrected chi connectivity index (χ4v) is 5.10. The van der Waals surface area contributed by atoms with Crippen LogP contribution in [0.2, 0.25) is 0 Å². The number of nitrogens with two attached hydrogens (primary N) is 1. The number of carbonyl (C=O) groups is 2. The molecule has 0 unspecified atom stereocenters. The Bertz CT molecular complexity index is 1470. The minimum atomic E-state index is -2.83. The molecule has 4 rings (SSSR count). The lowest BCUT2D eigenvalue weighted by Gasteiger charge is -2.11. The predicted octanol–water partition coefficient (Wildman–Crippen LogP) is 4.65. The number of halogens is 3. The van der Waals surface area contributed by atoms with Gasteiger partial charge in [-0.25, -0.2) is 13.8 Å². The van der Waals surface area contributed by atoms with Crippen molar-refractivity contribution in [3.05, 3.63) is 44.4 Å². The first kappa shape index (κ1) is 24.9. The molecule has 9 nitrogen and oxygen atoms in total. The van der Waals surface area contributed by atoms with E-state index in [1.165, 1.54) is 6.07 Å². The lowest BCUT2D eigenvalue weighted by Crippen LogP contribution is -2.18. The summed E-state index contributed by atoms with van der Waals surface area (Å²) in [6.45, 7) is 5.84. The molecular formula is C22H22BrF2N7O2S. The van der Waals surface area contributed by atoms with Gasteiger partial charge in [-0.15, -0.1) is 11.3 Å². The Kier molecular flexibility index (Phi) is 6.73. The zero-order chi connectivity index (χ0) is 25.6. The number of carbonyl (C=O) groups excluding carboxylic acids is 2. The summed E-state index contributed by atoms with van der Waals surface area (Å²) in [4.78, 5) is 29.4. The molecule has 4 heterocycles. The number of primary amides is 1. The van der Waals surface area contributed by atoms with Gasteiger partial charge in [-0.05, 0) is 48.3 Å². The monoisotopic (exact) mass is 565 g/mol. The van der Waals surface area contributed by atoms with Crippen molar-refractivity contribution >= 4 is 55.0 Å². The third-order valence-electron chi connectivity index (χ3n) is 5.76. The third kappa shape index (κ3) is 4.57. The highest BCUT2D eigenvalue weighted by Gasteiger charge is 2.26. The van der Waals surface area contributed by atoms with E-state index in [4.69, 9.17) is 5.73 Å². The molecule has 0 aromatic carbocycles. The highest BCUT2D eigenvalue weighted by molar-refractivity contribution is 9.10. The Morgan fingerprint density at radius 1 is 1.23 bits per heavy atom. The fraction of sp³-hybridized carbons (Fsp3) is 0.318. The minimum absolute atomic E-state index is 0.0314. The molecule has 13 heteroatoms. The molecule has 0 bridgehead atoms. The molecule has 35 heavy (non-hydrogen) atoms. The Hall–Kier alpha value is -3.19. The van der Waals surface area contributed by atoms with Crippen LogP contribution in [0.25, 0.3) is 21.3 Å². The molecule has 0 fully saturated rings. The van der Waals surface area contributed by atoms with Crippen molar-refractivity contribution in [3.63, 3.8) is 0 Å². The van der Waals surface area contributed by atoms with Crippen molar-refractivity contribution in [2.45, 2.75) is 40.2 Å². The van der Waals surface area contributed by atoms with E-state index in [1.807, 2.05) is 13.8 Å². The van der Waals surface area contributed by atoms with Gasteiger partial charge in [0.25, 0.3) is 12.3 Å². The summed E-state index contributed by atoms with van der Waals surface area (Å²) in [6.07, 6.45) is -1.21. The molecule has 184 valence electrons. The lowest BCUT2D eigenvalue weighted by atomic mass is 10.0. The molecule has 2 amide bonds. The lowest BCUT2D eigenvalue weighted by molar-refractivity contribution is -0.116. The average Bonchev–Trinajstić information content (AvgIpc) is 3.42. The van der Waals surface area contributed by atoms with E-state index in [9.17, 15) is 18.4 Å². The molecule has 0 aliphatic rings. The summed E-state index contributed by atoms with van der Waals surface area (Å²) >= 11 is 4.33. The first-order valence-corrected chi connectivity index (χ1v) is 12.1. The number of alkyl halides is 2. The molecule has 0 saturated heterocycles. The number of anilines is 1. The molecule has 0 radical (unpaired) electrons. The first-order valence-electron chi connectivity index (χ1n) is 10.5. The standard InChI is InChI=1S/C22H22BrF2N7O2S/c1-9-17(23)11(3)32(30-9)6-5-15(33)29-18-16-12(13-8-27-31(4)10(13)2)7-14(20(24)25)28-22(16)35-19(18)21(26)34/h7-8,20H,5-6H2,1-4H3,(H2,26,34)(H,29,33). The van der Waals surface area contributed by atoms with Crippen LogP contribution >= 0.6 is 27.3 Å². The Morgan fingerprint density at radius 3 is 2.49 bits per heavy atom. The summed E-state index contributed by atoms with van der Waals surface area (Å²) in [7, 11) is 1.73. The van der Waals surface area contributed by atoms with Gasteiger partial charge in [-0.1, -0.05) is 0 Å². The largest absolute Gasteiger partial charge is 0.365 e. The van der Waals surface area contributed by atoms with Crippen molar-refractivity contribution in [1.82, 2.24) is 24.5 Å². The topological polar surface area (TPSA) is 121 Å². The zero-order valence-electron chi connectivity index (χ0n) is 19.3. The number of amides is 2. The van der Waals surface area contributed by atoms with E-state index in [2.05, 4.69) is 36.4 Å². The van der Waals surface area contributed by atoms with Crippen LogP contribution in [0.1, 0.15) is 45.3 Å². The Labute approximate surface area is 211 Å². The molecule has 0 atom stereocenters. The number of aryl methyl sites for hydroxylation is 3. The number of thiophene rings is 1. The summed E-state index contributed by atoms with van der Waals surface area (Å²) in [5.41, 5.74) is 8.68. The predicted molar refractivity (Wildman–Crippen MR) is 133 cm³/mol. The van der Waals surface area contributed by atoms with Crippen LogP contribution in [0.3, 0.4) is 0 Å². The van der Waals surface area contributed by atoms with E-state index in [0.717, 1.165) is 32.9 Å². The highest BCUT2D eigenvalue weighted by atomic mass is 79.9. The zero-order valence-corrected chi connectivity index (χ0v) is 21.7. The van der Waals surface area contributed by atoms with Crippen molar-refractivity contribution in [3.8, 4) is 11.1 Å². The number of nitrogens with zero attached hydrogens (tertiary/aromatic N) is 5. The van der Waals surface area contributed by atoms with E-state index in [-0.39, 0.29) is 27.7 Å². The number of aromatic nitrogens is 5. The van der Waals surface area contributed by atoms with Crippen LogP contribution in [0, 0.1) is 20.8 Å². The number of hydrogen-bond donors (Lipinski definition) is 2. The van der Waals surface area contributed by atoms with Crippen molar-refractivity contribution in [2.75, 3.05) is 5.32 Å². The maximum atomic E-state index is 13.6. The second-order valence-corrected chi connectivity index (χ2v) is 9.81. The molecule has 0 aliphatic carbocycles. The average molecular weight is 566 g/mol. The van der Waals surface area contributed by atoms with E-state index < -0.39 is 18.0 Å². The molecule has 4 aromatic rings. The van der Waals surface area contributed by atoms with Gasteiger partial charge in [0, 0.05) is 35.8 Å². The maximum absolute atomic E-state index is 13.6. The minimum Gasteiger partial charge on any atom is -0.365 e. The number of nitrogens with one attached hydrogen (secondary N) is 1. The van der Waals surface area contributed by atoms with E-state index in [0.29, 0.717) is 23.1 Å². The van der Waals surface area contributed by atoms with Crippen molar-refractivity contribution in [2.24, 2.45) is 12.8 Å². The number of fused-ring (bicyclic) bond motifs is 1. The maximum Gasteiger partial charge on any atom is 0.280 e. The summed E-state index contributed by atoms with van der Waals surface area (Å²) in [5, 5.41) is 11.7. The van der Waals surface area contributed by atoms with Crippen LogP contribution in [-0.2, 0) is 18.4 Å². The van der Waals surface area contributed by atoms with Gasteiger partial charge in [-0.2, -0.15) is 10.2 Å². The van der Waals surface area contributed by atoms with Crippen molar-refractivity contribution in [1.29, 1.82) is 0 Å². The number of pyridine rings is 1. The Morgan fingerprint density at radius 2 is 1.94 bits per heavy atom. The molecule has 0 aliphatic heterocycles. The first-order chi connectivity index (χ1) is 16.5. The van der Waals surface area contributed by atoms with Gasteiger partial charge in [-0.3, -0.25) is 19.0 Å². The SMILES string of the molecule is Cc1nn(CCC(=O)Nc2c(C(N)=O)sc3nc(C(F)F)cc(-c4cnn(C)c4C)c23)c(C)c1Br. The molecule has 0 saturated carbocycles. The molecular weight excluding hydrogens is 544 g/mol. The molecule has 4 aromatic heterocycles.